The van der Waals surface area contributed by atoms with Gasteiger partial charge in [0.25, 0.3) is 0 Å². The van der Waals surface area contributed by atoms with E-state index in [2.05, 4.69) is 5.32 Å². The van der Waals surface area contributed by atoms with Crippen molar-refractivity contribution in [3.8, 4) is 0 Å². The molecule has 0 atom stereocenters. The Labute approximate surface area is 149 Å². The number of hydrogen-bond acceptors (Lipinski definition) is 2. The topological polar surface area (TPSA) is 52.7 Å². The van der Waals surface area contributed by atoms with Crippen LogP contribution in [0.15, 0.2) is 24.3 Å². The molecule has 0 aromatic heterocycles. The first-order chi connectivity index (χ1) is 11.7. The molecule has 2 rings (SSSR count). The van der Waals surface area contributed by atoms with Gasteiger partial charge in [-0.25, -0.2) is 9.18 Å². The van der Waals surface area contributed by atoms with Crippen molar-refractivity contribution in [1.29, 1.82) is 0 Å². The van der Waals surface area contributed by atoms with Crippen LogP contribution in [0.4, 0.5) is 9.18 Å². The molecule has 6 heteroatoms. The van der Waals surface area contributed by atoms with E-state index in [1.165, 1.54) is 12.1 Å². The predicted octanol–water partition coefficient (Wildman–Crippen LogP) is 2.80. The molecule has 1 N–H and O–H groups in total. The van der Waals surface area contributed by atoms with Crippen LogP contribution >= 0.6 is 0 Å². The quantitative estimate of drug-likeness (QED) is 0.912. The highest BCUT2D eigenvalue weighted by molar-refractivity contribution is 5.77. The predicted molar refractivity (Wildman–Crippen MR) is 95.8 cm³/mol. The summed E-state index contributed by atoms with van der Waals surface area (Å²) in [5.74, 6) is -0.220. The summed E-state index contributed by atoms with van der Waals surface area (Å²) in [7, 11) is 0. The van der Waals surface area contributed by atoms with Crippen molar-refractivity contribution in [2.45, 2.75) is 45.6 Å². The van der Waals surface area contributed by atoms with Gasteiger partial charge in [-0.15, -0.1) is 0 Å². The van der Waals surface area contributed by atoms with Crippen LogP contribution < -0.4 is 5.32 Å². The molecule has 5 nitrogen and oxygen atoms in total. The molecule has 0 spiro atoms. The van der Waals surface area contributed by atoms with Gasteiger partial charge in [0.05, 0.1) is 0 Å². The summed E-state index contributed by atoms with van der Waals surface area (Å²) < 4.78 is 13.2. The molecule has 1 saturated heterocycles. The van der Waals surface area contributed by atoms with Crippen molar-refractivity contribution in [2.24, 2.45) is 0 Å². The maximum atomic E-state index is 13.2. The maximum absolute atomic E-state index is 13.2. The van der Waals surface area contributed by atoms with Crippen LogP contribution in [0.25, 0.3) is 0 Å². The van der Waals surface area contributed by atoms with Gasteiger partial charge < -0.3 is 15.1 Å². The Morgan fingerprint density at radius 2 is 1.80 bits per heavy atom. The molecule has 25 heavy (non-hydrogen) atoms. The van der Waals surface area contributed by atoms with Crippen LogP contribution in [0.1, 0.15) is 39.2 Å². The zero-order chi connectivity index (χ0) is 18.4. The van der Waals surface area contributed by atoms with E-state index in [0.29, 0.717) is 39.0 Å². The van der Waals surface area contributed by atoms with Crippen molar-refractivity contribution in [3.63, 3.8) is 0 Å². The van der Waals surface area contributed by atoms with Crippen LogP contribution in [-0.4, -0.2) is 53.5 Å². The Bertz CT molecular complexity index is 613. The molecule has 1 aliphatic rings. The molecule has 0 aliphatic carbocycles. The molecule has 1 aliphatic heterocycles. The molecule has 1 fully saturated rings. The molecule has 0 bridgehead atoms. The highest BCUT2D eigenvalue weighted by atomic mass is 19.1. The smallest absolute Gasteiger partial charge is 0.317 e. The van der Waals surface area contributed by atoms with Crippen molar-refractivity contribution in [1.82, 2.24) is 15.1 Å². The highest BCUT2D eigenvalue weighted by Crippen LogP contribution is 2.11. The standard InChI is InChI=1S/C19H28FN3O2/c1-19(2,3)21-18(25)23-11-5-10-22(12-13-23)17(24)9-8-15-6-4-7-16(20)14-15/h4,6-7,14H,5,8-13H2,1-3H3,(H,21,25). The Morgan fingerprint density at radius 1 is 1.12 bits per heavy atom. The van der Waals surface area contributed by atoms with E-state index in [1.54, 1.807) is 11.0 Å². The summed E-state index contributed by atoms with van der Waals surface area (Å²) in [5.41, 5.74) is 0.554. The number of carbonyl (C=O) groups is 2. The van der Waals surface area contributed by atoms with E-state index in [1.807, 2.05) is 31.7 Å². The van der Waals surface area contributed by atoms with Crippen LogP contribution in [-0.2, 0) is 11.2 Å². The van der Waals surface area contributed by atoms with E-state index in [4.69, 9.17) is 0 Å². The maximum Gasteiger partial charge on any atom is 0.317 e. The third kappa shape index (κ3) is 6.36. The van der Waals surface area contributed by atoms with E-state index in [-0.39, 0.29) is 23.3 Å². The average molecular weight is 349 g/mol. The Morgan fingerprint density at radius 3 is 2.48 bits per heavy atom. The Kier molecular flexibility index (Phi) is 6.39. The second-order valence-electron chi connectivity index (χ2n) is 7.53. The van der Waals surface area contributed by atoms with Gasteiger partial charge >= 0.3 is 6.03 Å². The van der Waals surface area contributed by atoms with Crippen molar-refractivity contribution >= 4 is 11.9 Å². The molecular formula is C19H28FN3O2. The van der Waals surface area contributed by atoms with Gasteiger partial charge in [-0.3, -0.25) is 4.79 Å². The van der Waals surface area contributed by atoms with Crippen LogP contribution in [0, 0.1) is 5.82 Å². The highest BCUT2D eigenvalue weighted by Gasteiger charge is 2.24. The van der Waals surface area contributed by atoms with Gasteiger partial charge in [0, 0.05) is 38.1 Å². The number of nitrogens with one attached hydrogen (secondary N) is 1. The van der Waals surface area contributed by atoms with Gasteiger partial charge in [-0.1, -0.05) is 12.1 Å². The van der Waals surface area contributed by atoms with E-state index in [9.17, 15) is 14.0 Å². The summed E-state index contributed by atoms with van der Waals surface area (Å²) in [5, 5.41) is 2.96. The fourth-order valence-electron chi connectivity index (χ4n) is 2.87. The molecule has 138 valence electrons. The second-order valence-corrected chi connectivity index (χ2v) is 7.53. The van der Waals surface area contributed by atoms with E-state index < -0.39 is 0 Å². The minimum absolute atomic E-state index is 0.0577. The Hall–Kier alpha value is -2.11. The fraction of sp³-hybridized carbons (Fsp3) is 0.579. The third-order valence-corrected chi connectivity index (χ3v) is 4.13. The first-order valence-electron chi connectivity index (χ1n) is 8.84. The first-order valence-corrected chi connectivity index (χ1v) is 8.84. The third-order valence-electron chi connectivity index (χ3n) is 4.13. The monoisotopic (exact) mass is 349 g/mol. The van der Waals surface area contributed by atoms with E-state index >= 15 is 0 Å². The molecule has 1 aromatic carbocycles. The minimum Gasteiger partial charge on any atom is -0.341 e. The van der Waals surface area contributed by atoms with Crippen LogP contribution in [0.5, 0.6) is 0 Å². The lowest BCUT2D eigenvalue weighted by atomic mass is 10.1. The molecule has 3 amide bonds. The minimum atomic E-state index is -0.278. The van der Waals surface area contributed by atoms with Gasteiger partial charge in [-0.05, 0) is 51.3 Å². The fourth-order valence-corrected chi connectivity index (χ4v) is 2.87. The summed E-state index contributed by atoms with van der Waals surface area (Å²) >= 11 is 0. The molecule has 0 saturated carbocycles. The summed E-state index contributed by atoms with van der Waals surface area (Å²) in [6.45, 7) is 8.23. The number of nitrogens with zero attached hydrogens (tertiary/aromatic N) is 2. The van der Waals surface area contributed by atoms with Gasteiger partial charge in [0.15, 0.2) is 0 Å². The molecular weight excluding hydrogens is 321 g/mol. The van der Waals surface area contributed by atoms with Crippen molar-refractivity contribution < 1.29 is 14.0 Å². The van der Waals surface area contributed by atoms with Crippen LogP contribution in [0.2, 0.25) is 0 Å². The molecule has 1 heterocycles. The SMILES string of the molecule is CC(C)(C)NC(=O)N1CCCN(C(=O)CCc2cccc(F)c2)CC1. The van der Waals surface area contributed by atoms with Gasteiger partial charge in [0.2, 0.25) is 5.91 Å². The number of halogens is 1. The van der Waals surface area contributed by atoms with Crippen molar-refractivity contribution in [2.75, 3.05) is 26.2 Å². The van der Waals surface area contributed by atoms with Crippen molar-refractivity contribution in [3.05, 3.63) is 35.6 Å². The van der Waals surface area contributed by atoms with Crippen LogP contribution in [0.3, 0.4) is 0 Å². The summed E-state index contributed by atoms with van der Waals surface area (Å²) in [6, 6.07) is 6.28. The number of benzene rings is 1. The normalized spacial score (nSPS) is 15.7. The number of urea groups is 1. The zero-order valence-electron chi connectivity index (χ0n) is 15.3. The number of hydrogen-bond donors (Lipinski definition) is 1. The zero-order valence-corrected chi connectivity index (χ0v) is 15.3. The first kappa shape index (κ1) is 19.2. The number of rotatable bonds is 3. The second kappa shape index (κ2) is 8.32. The molecule has 0 radical (unpaired) electrons. The average Bonchev–Trinajstić information content (AvgIpc) is 2.77. The lowest BCUT2D eigenvalue weighted by molar-refractivity contribution is -0.131. The Balaban J connectivity index is 1.83. The van der Waals surface area contributed by atoms with E-state index in [0.717, 1.165) is 12.0 Å². The lowest BCUT2D eigenvalue weighted by Crippen LogP contribution is -2.49. The summed E-state index contributed by atoms with van der Waals surface area (Å²) in [6.07, 6.45) is 1.65. The lowest BCUT2D eigenvalue weighted by Gasteiger charge is -2.27. The van der Waals surface area contributed by atoms with Gasteiger partial charge in [-0.2, -0.15) is 0 Å². The summed E-state index contributed by atoms with van der Waals surface area (Å²) in [4.78, 5) is 28.3. The number of carbonyl (C=O) groups excluding carboxylic acids is 2. The van der Waals surface area contributed by atoms with Gasteiger partial charge in [0.1, 0.15) is 5.82 Å². The number of aryl methyl sites for hydroxylation is 1. The molecule has 0 unspecified atom stereocenters. The molecule has 1 aromatic rings. The number of amides is 3. The largest absolute Gasteiger partial charge is 0.341 e.